The van der Waals surface area contributed by atoms with Crippen LogP contribution in [-0.2, 0) is 0 Å². The summed E-state index contributed by atoms with van der Waals surface area (Å²) in [5, 5.41) is 22.2. The highest BCUT2D eigenvalue weighted by molar-refractivity contribution is 5.93. The Kier molecular flexibility index (Phi) is 5.64. The van der Waals surface area contributed by atoms with Gasteiger partial charge in [-0.25, -0.2) is 4.79 Å². The van der Waals surface area contributed by atoms with Gasteiger partial charge in [-0.15, -0.1) is 5.10 Å². The number of carbonyl (C=O) groups excluding carboxylic acids is 2. The number of aromatic nitrogens is 2. The predicted octanol–water partition coefficient (Wildman–Crippen LogP) is 2.13. The fourth-order valence-electron chi connectivity index (χ4n) is 3.05. The molecule has 0 bridgehead atoms. The molecule has 0 saturated carbocycles. The highest BCUT2D eigenvalue weighted by Crippen LogP contribution is 2.20. The standard InChI is InChI=1S/C17H20N6O4/c24-16(14-10-15(21-20-14)23(26)27)22-9-5-4-8-13(22)11-18-17(25)19-12-6-2-1-3-7-12/h1-3,6-7,10,13H,4-5,8-9,11H2,(H,20,21)(H2,18,19,25). The molecule has 2 heterocycles. The summed E-state index contributed by atoms with van der Waals surface area (Å²) in [7, 11) is 0. The van der Waals surface area contributed by atoms with Gasteiger partial charge in [0.05, 0.1) is 6.07 Å². The van der Waals surface area contributed by atoms with Gasteiger partial charge in [0.25, 0.3) is 5.91 Å². The second-order valence-corrected chi connectivity index (χ2v) is 6.24. The number of carbonyl (C=O) groups is 2. The maximum atomic E-state index is 12.7. The number of piperidine rings is 1. The quantitative estimate of drug-likeness (QED) is 0.546. The molecular weight excluding hydrogens is 352 g/mol. The molecule has 1 aromatic heterocycles. The van der Waals surface area contributed by atoms with E-state index in [4.69, 9.17) is 0 Å². The number of amides is 3. The molecule has 3 N–H and O–H groups in total. The summed E-state index contributed by atoms with van der Waals surface area (Å²) in [4.78, 5) is 36.5. The molecule has 1 aliphatic heterocycles. The van der Waals surface area contributed by atoms with Crippen molar-refractivity contribution in [3.8, 4) is 0 Å². The summed E-state index contributed by atoms with van der Waals surface area (Å²) < 4.78 is 0. The van der Waals surface area contributed by atoms with Crippen molar-refractivity contribution in [2.45, 2.75) is 25.3 Å². The lowest BCUT2D eigenvalue weighted by Crippen LogP contribution is -2.50. The van der Waals surface area contributed by atoms with Gasteiger partial charge in [0.1, 0.15) is 0 Å². The highest BCUT2D eigenvalue weighted by Gasteiger charge is 2.30. The number of rotatable bonds is 5. The third-order valence-corrected chi connectivity index (χ3v) is 4.40. The first kappa shape index (κ1) is 18.4. The topological polar surface area (TPSA) is 133 Å². The lowest BCUT2D eigenvalue weighted by molar-refractivity contribution is -0.389. The van der Waals surface area contributed by atoms with E-state index < -0.39 is 4.92 Å². The zero-order valence-corrected chi connectivity index (χ0v) is 14.6. The number of H-pyrrole nitrogens is 1. The van der Waals surface area contributed by atoms with E-state index in [9.17, 15) is 19.7 Å². The minimum Gasteiger partial charge on any atom is -0.358 e. The first-order chi connectivity index (χ1) is 13.0. The number of hydrogen-bond acceptors (Lipinski definition) is 5. The second kappa shape index (κ2) is 8.30. The first-order valence-corrected chi connectivity index (χ1v) is 8.65. The van der Waals surface area contributed by atoms with Gasteiger partial charge < -0.3 is 25.6 Å². The fourth-order valence-corrected chi connectivity index (χ4v) is 3.05. The zero-order valence-electron chi connectivity index (χ0n) is 14.6. The zero-order chi connectivity index (χ0) is 19.2. The van der Waals surface area contributed by atoms with Gasteiger partial charge in [-0.2, -0.15) is 0 Å². The number of anilines is 1. The van der Waals surface area contributed by atoms with E-state index in [0.29, 0.717) is 12.2 Å². The van der Waals surface area contributed by atoms with Crippen LogP contribution in [0.15, 0.2) is 36.4 Å². The van der Waals surface area contributed by atoms with Crippen molar-refractivity contribution < 1.29 is 14.5 Å². The molecule has 0 spiro atoms. The van der Waals surface area contributed by atoms with Crippen LogP contribution in [0, 0.1) is 10.1 Å². The van der Waals surface area contributed by atoms with E-state index in [1.54, 1.807) is 17.0 Å². The van der Waals surface area contributed by atoms with E-state index >= 15 is 0 Å². The molecular formula is C17H20N6O4. The van der Waals surface area contributed by atoms with Crippen molar-refractivity contribution in [1.29, 1.82) is 0 Å². The van der Waals surface area contributed by atoms with Crippen molar-refractivity contribution in [2.75, 3.05) is 18.4 Å². The minimum absolute atomic E-state index is 0.00216. The van der Waals surface area contributed by atoms with Crippen molar-refractivity contribution in [1.82, 2.24) is 20.4 Å². The van der Waals surface area contributed by atoms with E-state index in [1.807, 2.05) is 18.2 Å². The molecule has 1 fully saturated rings. The number of hydrogen-bond donors (Lipinski definition) is 3. The minimum atomic E-state index is -0.632. The normalized spacial score (nSPS) is 16.6. The summed E-state index contributed by atoms with van der Waals surface area (Å²) in [6.45, 7) is 0.809. The van der Waals surface area contributed by atoms with Gasteiger partial charge in [0.15, 0.2) is 5.69 Å². The SMILES string of the molecule is O=C(NCC1CCCCN1C(=O)c1cc([N+](=O)[O-])[nH]n1)Nc1ccccc1. The smallest absolute Gasteiger partial charge is 0.343 e. The Hall–Kier alpha value is -3.43. The van der Waals surface area contributed by atoms with Crippen LogP contribution in [0.2, 0.25) is 0 Å². The molecule has 10 heteroatoms. The van der Waals surface area contributed by atoms with E-state index in [-0.39, 0.29) is 36.0 Å². The number of nitrogens with zero attached hydrogens (tertiary/aromatic N) is 3. The van der Waals surface area contributed by atoms with Crippen LogP contribution >= 0.6 is 0 Å². The average Bonchev–Trinajstić information content (AvgIpc) is 3.17. The molecule has 10 nitrogen and oxygen atoms in total. The summed E-state index contributed by atoms with van der Waals surface area (Å²) in [6.07, 6.45) is 2.52. The molecule has 1 unspecified atom stereocenters. The highest BCUT2D eigenvalue weighted by atomic mass is 16.6. The summed E-state index contributed by atoms with van der Waals surface area (Å²) in [6, 6.07) is 9.64. The Morgan fingerprint density at radius 2 is 2.07 bits per heavy atom. The lowest BCUT2D eigenvalue weighted by atomic mass is 10.0. The van der Waals surface area contributed by atoms with Crippen LogP contribution in [0.3, 0.4) is 0 Å². The monoisotopic (exact) mass is 372 g/mol. The van der Waals surface area contributed by atoms with E-state index in [0.717, 1.165) is 25.3 Å². The van der Waals surface area contributed by atoms with Gasteiger partial charge in [0, 0.05) is 24.8 Å². The third-order valence-electron chi connectivity index (χ3n) is 4.40. The molecule has 1 atom stereocenters. The maximum Gasteiger partial charge on any atom is 0.343 e. The summed E-state index contributed by atoms with van der Waals surface area (Å²) in [5.41, 5.74) is 0.678. The van der Waals surface area contributed by atoms with Gasteiger partial charge in [-0.05, 0) is 36.3 Å². The van der Waals surface area contributed by atoms with Crippen LogP contribution in [-0.4, -0.2) is 51.1 Å². The number of likely N-dealkylation sites (tertiary alicyclic amines) is 1. The van der Waals surface area contributed by atoms with Gasteiger partial charge in [-0.3, -0.25) is 4.79 Å². The molecule has 1 saturated heterocycles. The maximum absolute atomic E-state index is 12.7. The number of nitro groups is 1. The summed E-state index contributed by atoms with van der Waals surface area (Å²) in [5.74, 6) is -0.707. The van der Waals surface area contributed by atoms with Crippen molar-refractivity contribution in [3.05, 3.63) is 52.2 Å². The van der Waals surface area contributed by atoms with Crippen LogP contribution in [0.5, 0.6) is 0 Å². The van der Waals surface area contributed by atoms with Crippen molar-refractivity contribution >= 4 is 23.4 Å². The molecule has 2 aromatic rings. The first-order valence-electron chi connectivity index (χ1n) is 8.65. The third kappa shape index (κ3) is 4.60. The molecule has 142 valence electrons. The van der Waals surface area contributed by atoms with Crippen molar-refractivity contribution in [2.24, 2.45) is 0 Å². The van der Waals surface area contributed by atoms with Gasteiger partial charge in [-0.1, -0.05) is 23.3 Å². The molecule has 1 aliphatic rings. The Balaban J connectivity index is 1.60. The van der Waals surface area contributed by atoms with Crippen molar-refractivity contribution in [3.63, 3.8) is 0 Å². The molecule has 3 amide bonds. The Morgan fingerprint density at radius 1 is 1.30 bits per heavy atom. The Bertz CT molecular complexity index is 822. The molecule has 0 aliphatic carbocycles. The number of urea groups is 1. The van der Waals surface area contributed by atoms with Gasteiger partial charge in [0.2, 0.25) is 0 Å². The number of nitrogens with one attached hydrogen (secondary N) is 3. The molecule has 1 aromatic carbocycles. The van der Waals surface area contributed by atoms with Crippen LogP contribution in [0.1, 0.15) is 29.8 Å². The lowest BCUT2D eigenvalue weighted by Gasteiger charge is -2.35. The van der Waals surface area contributed by atoms with Crippen LogP contribution in [0.4, 0.5) is 16.3 Å². The Labute approximate surface area is 155 Å². The molecule has 3 rings (SSSR count). The predicted molar refractivity (Wildman–Crippen MR) is 97.4 cm³/mol. The summed E-state index contributed by atoms with van der Waals surface area (Å²) >= 11 is 0. The molecule has 27 heavy (non-hydrogen) atoms. The number of aromatic amines is 1. The molecule has 0 radical (unpaired) electrons. The van der Waals surface area contributed by atoms with E-state index in [2.05, 4.69) is 20.8 Å². The van der Waals surface area contributed by atoms with Crippen LogP contribution < -0.4 is 10.6 Å². The average molecular weight is 372 g/mol. The number of benzene rings is 1. The van der Waals surface area contributed by atoms with Gasteiger partial charge >= 0.3 is 11.8 Å². The number of para-hydroxylation sites is 1. The Morgan fingerprint density at radius 3 is 2.78 bits per heavy atom. The largest absolute Gasteiger partial charge is 0.358 e. The fraction of sp³-hybridized carbons (Fsp3) is 0.353. The van der Waals surface area contributed by atoms with Crippen LogP contribution in [0.25, 0.3) is 0 Å². The second-order valence-electron chi connectivity index (χ2n) is 6.24. The van der Waals surface area contributed by atoms with E-state index in [1.165, 1.54) is 0 Å².